The molecule has 5 atom stereocenters. The highest BCUT2D eigenvalue weighted by molar-refractivity contribution is 6.35. The van der Waals surface area contributed by atoms with Gasteiger partial charge in [0.05, 0.1) is 6.61 Å². The molecule has 0 radical (unpaired) electrons. The summed E-state index contributed by atoms with van der Waals surface area (Å²) >= 11 is 19.0. The van der Waals surface area contributed by atoms with Crippen molar-refractivity contribution >= 4 is 40.7 Å². The van der Waals surface area contributed by atoms with Crippen LogP contribution < -0.4 is 5.32 Å². The van der Waals surface area contributed by atoms with Gasteiger partial charge >= 0.3 is 0 Å². The number of carbonyl (C=O) groups excluding carboxylic acids is 1. The summed E-state index contributed by atoms with van der Waals surface area (Å²) in [5, 5.41) is 5.07. The Bertz CT molecular complexity index is 961. The molecule has 2 aromatic rings. The molecule has 0 spiro atoms. The summed E-state index contributed by atoms with van der Waals surface area (Å²) in [6.07, 6.45) is 3.08. The van der Waals surface area contributed by atoms with Crippen LogP contribution in [0.4, 0.5) is 0 Å². The predicted octanol–water partition coefficient (Wildman–Crippen LogP) is 6.38. The van der Waals surface area contributed by atoms with Crippen LogP contribution in [-0.2, 0) is 9.53 Å². The Morgan fingerprint density at radius 1 is 1.17 bits per heavy atom. The normalized spacial score (nSPS) is 30.6. The number of benzene rings is 2. The van der Waals surface area contributed by atoms with E-state index in [1.54, 1.807) is 12.1 Å². The van der Waals surface area contributed by atoms with E-state index in [4.69, 9.17) is 39.5 Å². The van der Waals surface area contributed by atoms with Crippen LogP contribution in [0.15, 0.2) is 55.1 Å². The van der Waals surface area contributed by atoms with Crippen LogP contribution in [0.5, 0.6) is 0 Å². The molecule has 1 amide bonds. The van der Waals surface area contributed by atoms with Crippen molar-refractivity contribution in [2.45, 2.75) is 43.2 Å². The van der Waals surface area contributed by atoms with Crippen LogP contribution in [0.25, 0.3) is 0 Å². The third kappa shape index (κ3) is 3.67. The van der Waals surface area contributed by atoms with Gasteiger partial charge < -0.3 is 10.1 Å². The van der Waals surface area contributed by atoms with E-state index >= 15 is 0 Å². The van der Waals surface area contributed by atoms with Crippen molar-refractivity contribution in [3.8, 4) is 0 Å². The minimum atomic E-state index is -0.882. The number of carbonyl (C=O) groups is 1. The third-order valence-corrected chi connectivity index (χ3v) is 7.36. The maximum Gasteiger partial charge on any atom is 0.252 e. The van der Waals surface area contributed by atoms with E-state index in [1.165, 1.54) is 0 Å². The fraction of sp³-hybridized carbons (Fsp3) is 0.375. The smallest absolute Gasteiger partial charge is 0.252 e. The van der Waals surface area contributed by atoms with Gasteiger partial charge in [-0.1, -0.05) is 59.1 Å². The van der Waals surface area contributed by atoms with Crippen molar-refractivity contribution in [2.75, 3.05) is 6.61 Å². The van der Waals surface area contributed by atoms with Gasteiger partial charge in [-0.3, -0.25) is 4.79 Å². The molecule has 158 valence electrons. The summed E-state index contributed by atoms with van der Waals surface area (Å²) in [4.78, 5) is 13.1. The highest BCUT2D eigenvalue weighted by atomic mass is 35.5. The number of nitrogens with one attached hydrogen (secondary N) is 1. The zero-order valence-electron chi connectivity index (χ0n) is 16.7. The molecule has 1 saturated heterocycles. The van der Waals surface area contributed by atoms with Crippen molar-refractivity contribution in [1.29, 1.82) is 0 Å². The first-order valence-corrected chi connectivity index (χ1v) is 11.3. The van der Waals surface area contributed by atoms with Gasteiger partial charge in [0.15, 0.2) is 5.60 Å². The third-order valence-electron chi connectivity index (χ3n) is 6.54. The first-order valence-electron chi connectivity index (χ1n) is 10.1. The molecule has 2 aliphatic rings. The molecule has 6 heteroatoms. The van der Waals surface area contributed by atoms with Gasteiger partial charge in [0.1, 0.15) is 0 Å². The van der Waals surface area contributed by atoms with E-state index in [9.17, 15) is 4.79 Å². The summed E-state index contributed by atoms with van der Waals surface area (Å²) in [6.45, 7) is 6.15. The molecule has 1 heterocycles. The number of hydrogen-bond donors (Lipinski definition) is 1. The molecule has 2 aromatic carbocycles. The average Bonchev–Trinajstić information content (AvgIpc) is 2.97. The second-order valence-corrected chi connectivity index (χ2v) is 9.45. The second kappa shape index (κ2) is 8.55. The lowest BCUT2D eigenvalue weighted by atomic mass is 9.59. The highest BCUT2D eigenvalue weighted by Gasteiger charge is 2.61. The lowest BCUT2D eigenvalue weighted by Gasteiger charge is -2.47. The molecule has 0 unspecified atom stereocenters. The number of amides is 1. The molecule has 0 bridgehead atoms. The first kappa shape index (κ1) is 21.7. The van der Waals surface area contributed by atoms with Gasteiger partial charge in [0.2, 0.25) is 0 Å². The van der Waals surface area contributed by atoms with E-state index in [-0.39, 0.29) is 29.7 Å². The van der Waals surface area contributed by atoms with Gasteiger partial charge in [-0.2, -0.15) is 0 Å². The van der Waals surface area contributed by atoms with E-state index < -0.39 is 5.60 Å². The number of ether oxygens (including phenoxy) is 1. The minimum Gasteiger partial charge on any atom is -0.361 e. The molecular formula is C24H24Cl3NO2. The minimum absolute atomic E-state index is 0.0217. The molecule has 4 rings (SSSR count). The quantitative estimate of drug-likeness (QED) is 0.521. The standard InChI is InChI=1S/C24H24Cl3NO2/c1-3-12-30-24-11-10-19(18-9-8-17(26)13-20(18)27)21(15-4-6-16(25)7-5-15)22(24)14(2)28-23(24)29/h3-9,13-14,19,21-22H,1,10-12H2,2H3,(H,28,29)/t14-,19+,21+,22+,24+/m1/s1. The monoisotopic (exact) mass is 463 g/mol. The Kier molecular flexibility index (Phi) is 6.18. The molecule has 1 saturated carbocycles. The molecular weight excluding hydrogens is 441 g/mol. The summed E-state index contributed by atoms with van der Waals surface area (Å²) in [5.74, 6) is 0.0445. The van der Waals surface area contributed by atoms with Crippen LogP contribution in [0.2, 0.25) is 15.1 Å². The van der Waals surface area contributed by atoms with E-state index in [1.807, 2.05) is 36.4 Å². The number of halogens is 3. The molecule has 1 aliphatic heterocycles. The van der Waals surface area contributed by atoms with Crippen LogP contribution in [0.1, 0.15) is 42.7 Å². The summed E-state index contributed by atoms with van der Waals surface area (Å²) in [6, 6.07) is 13.5. The fourth-order valence-electron chi connectivity index (χ4n) is 5.37. The van der Waals surface area contributed by atoms with Crippen molar-refractivity contribution in [1.82, 2.24) is 5.32 Å². The predicted molar refractivity (Wildman–Crippen MR) is 123 cm³/mol. The second-order valence-electron chi connectivity index (χ2n) is 8.17. The highest BCUT2D eigenvalue weighted by Crippen LogP contribution is 2.57. The van der Waals surface area contributed by atoms with Crippen molar-refractivity contribution in [3.63, 3.8) is 0 Å². The van der Waals surface area contributed by atoms with Gasteiger partial charge in [-0.25, -0.2) is 0 Å². The average molecular weight is 465 g/mol. The molecule has 0 aromatic heterocycles. The lowest BCUT2D eigenvalue weighted by Crippen LogP contribution is -2.52. The van der Waals surface area contributed by atoms with Gasteiger partial charge in [-0.05, 0) is 67.0 Å². The van der Waals surface area contributed by atoms with Gasteiger partial charge in [0, 0.05) is 27.0 Å². The lowest BCUT2D eigenvalue weighted by molar-refractivity contribution is -0.151. The number of hydrogen-bond acceptors (Lipinski definition) is 2. The Hall–Kier alpha value is -1.52. The Labute approximate surface area is 192 Å². The zero-order valence-corrected chi connectivity index (χ0v) is 19.0. The van der Waals surface area contributed by atoms with Crippen molar-refractivity contribution < 1.29 is 9.53 Å². The molecule has 3 nitrogen and oxygen atoms in total. The molecule has 1 N–H and O–H groups in total. The summed E-state index contributed by atoms with van der Waals surface area (Å²) in [5.41, 5.74) is 1.28. The number of rotatable bonds is 5. The Morgan fingerprint density at radius 2 is 1.87 bits per heavy atom. The Morgan fingerprint density at radius 3 is 2.53 bits per heavy atom. The SMILES string of the molecule is C=CCO[C@@]12CC[C@@H](c3ccc(Cl)cc3Cl)[C@H](c3ccc(Cl)cc3)[C@@H]1[C@@H](C)NC2=O. The largest absolute Gasteiger partial charge is 0.361 e. The van der Waals surface area contributed by atoms with Crippen LogP contribution in [0, 0.1) is 5.92 Å². The summed E-state index contributed by atoms with van der Waals surface area (Å²) in [7, 11) is 0. The molecule has 2 fully saturated rings. The molecule has 1 aliphatic carbocycles. The van der Waals surface area contributed by atoms with Crippen LogP contribution in [0.3, 0.4) is 0 Å². The van der Waals surface area contributed by atoms with Crippen molar-refractivity contribution in [2.24, 2.45) is 5.92 Å². The topological polar surface area (TPSA) is 38.3 Å². The maximum absolute atomic E-state index is 13.1. The first-order chi connectivity index (χ1) is 14.4. The van der Waals surface area contributed by atoms with E-state index in [0.717, 1.165) is 17.5 Å². The van der Waals surface area contributed by atoms with Crippen molar-refractivity contribution in [3.05, 3.63) is 81.3 Å². The summed E-state index contributed by atoms with van der Waals surface area (Å²) < 4.78 is 6.23. The van der Waals surface area contributed by atoms with E-state index in [2.05, 4.69) is 18.8 Å². The van der Waals surface area contributed by atoms with Crippen LogP contribution in [-0.4, -0.2) is 24.2 Å². The maximum atomic E-state index is 13.1. The fourth-order valence-corrected chi connectivity index (χ4v) is 6.05. The number of fused-ring (bicyclic) bond motifs is 1. The van der Waals surface area contributed by atoms with Gasteiger partial charge in [-0.15, -0.1) is 6.58 Å². The zero-order chi connectivity index (χ0) is 21.5. The molecule has 30 heavy (non-hydrogen) atoms. The van der Waals surface area contributed by atoms with E-state index in [0.29, 0.717) is 28.1 Å². The van der Waals surface area contributed by atoms with Gasteiger partial charge in [0.25, 0.3) is 5.91 Å². The van der Waals surface area contributed by atoms with Crippen LogP contribution >= 0.6 is 34.8 Å². The Balaban J connectivity index is 1.85.